The van der Waals surface area contributed by atoms with Crippen LogP contribution in [0.2, 0.25) is 0 Å². The molecule has 1 heteroatoms. The molecule has 0 spiro atoms. The van der Waals surface area contributed by atoms with E-state index in [1.165, 1.54) is 55.7 Å². The molecule has 0 amide bonds. The average Bonchev–Trinajstić information content (AvgIpc) is 2.92. The Bertz CT molecular complexity index is 1610. The summed E-state index contributed by atoms with van der Waals surface area (Å²) in [6.07, 6.45) is 8.47. The molecular formula is C40H49N. The Hall–Kier alpha value is -3.32. The molecule has 0 unspecified atom stereocenters. The van der Waals surface area contributed by atoms with Gasteiger partial charge in [0.2, 0.25) is 0 Å². The fourth-order valence-corrected chi connectivity index (χ4v) is 9.24. The SMILES string of the molecule is C=Cc1ccc(CC)c(-c2cc(C)c(C)c3c2C[C@@]2(C)C[C@@]4(C)[C@H](CC)C=C(C(=C)N)C(=C)[C@@]4(C)C(C)=C2C3=C)c1. The van der Waals surface area contributed by atoms with Crippen LogP contribution >= 0.6 is 0 Å². The first-order valence-corrected chi connectivity index (χ1v) is 15.4. The van der Waals surface area contributed by atoms with Gasteiger partial charge in [-0.25, -0.2) is 0 Å². The first-order valence-electron chi connectivity index (χ1n) is 15.4. The van der Waals surface area contributed by atoms with Gasteiger partial charge in [-0.3, -0.25) is 0 Å². The molecule has 2 N–H and O–H groups in total. The highest BCUT2D eigenvalue weighted by Crippen LogP contribution is 2.71. The maximum absolute atomic E-state index is 6.38. The van der Waals surface area contributed by atoms with Gasteiger partial charge in [0.05, 0.1) is 0 Å². The highest BCUT2D eigenvalue weighted by atomic mass is 14.7. The molecule has 3 aliphatic carbocycles. The molecular weight excluding hydrogens is 494 g/mol. The van der Waals surface area contributed by atoms with Gasteiger partial charge in [0.15, 0.2) is 0 Å². The van der Waals surface area contributed by atoms with Gasteiger partial charge in [-0.05, 0) is 136 Å². The molecule has 0 heterocycles. The molecule has 4 atom stereocenters. The second-order valence-electron chi connectivity index (χ2n) is 13.7. The summed E-state index contributed by atoms with van der Waals surface area (Å²) in [4.78, 5) is 0. The molecule has 2 aromatic rings. The summed E-state index contributed by atoms with van der Waals surface area (Å²) in [5.74, 6) is 0.381. The molecule has 1 nitrogen and oxygen atoms in total. The summed E-state index contributed by atoms with van der Waals surface area (Å²) >= 11 is 0. The smallest absolute Gasteiger partial charge is 0.0314 e. The van der Waals surface area contributed by atoms with Gasteiger partial charge in [-0.15, -0.1) is 0 Å². The fraction of sp³-hybridized carbons (Fsp3) is 0.400. The third kappa shape index (κ3) is 3.80. The third-order valence-corrected chi connectivity index (χ3v) is 11.7. The van der Waals surface area contributed by atoms with Crippen molar-refractivity contribution >= 4 is 11.6 Å². The third-order valence-electron chi connectivity index (χ3n) is 11.7. The monoisotopic (exact) mass is 543 g/mol. The van der Waals surface area contributed by atoms with Gasteiger partial charge in [-0.1, -0.05) is 96.9 Å². The Morgan fingerprint density at radius 3 is 2.32 bits per heavy atom. The van der Waals surface area contributed by atoms with Crippen LogP contribution in [0.5, 0.6) is 0 Å². The number of allylic oxidation sites excluding steroid dienone is 5. The maximum atomic E-state index is 6.38. The largest absolute Gasteiger partial charge is 0.399 e. The number of benzene rings is 2. The minimum atomic E-state index is -0.233. The quantitative estimate of drug-likeness (QED) is 0.399. The van der Waals surface area contributed by atoms with Crippen LogP contribution < -0.4 is 5.73 Å². The van der Waals surface area contributed by atoms with Crippen molar-refractivity contribution in [2.75, 3.05) is 0 Å². The minimum absolute atomic E-state index is 0.00482. The second-order valence-corrected chi connectivity index (χ2v) is 13.7. The van der Waals surface area contributed by atoms with E-state index in [-0.39, 0.29) is 16.2 Å². The standard InChI is InChI=1S/C40H49N/c1-13-29-16-17-30(14-2)33(19-29)34-18-23(4)24(5)36-25(6)37-27(8)40(12)26(7)32(28(9)41)20-31(15-3)39(40,11)22-38(37,10)21-35(34)36/h13,16-20,31H,1,6-7,9,14-15,21-22,41H2,2-5,8,10-12H3/t31-,38+,39+,40+/m1/s1. The lowest BCUT2D eigenvalue weighted by molar-refractivity contribution is 0.0112. The highest BCUT2D eigenvalue weighted by molar-refractivity contribution is 5.91. The topological polar surface area (TPSA) is 26.0 Å². The van der Waals surface area contributed by atoms with E-state index in [1.807, 2.05) is 6.08 Å². The Morgan fingerprint density at radius 2 is 1.73 bits per heavy atom. The van der Waals surface area contributed by atoms with Gasteiger partial charge in [0.25, 0.3) is 0 Å². The summed E-state index contributed by atoms with van der Waals surface area (Å²) in [6.45, 7) is 36.7. The summed E-state index contributed by atoms with van der Waals surface area (Å²) < 4.78 is 0. The van der Waals surface area contributed by atoms with Crippen LogP contribution in [0, 0.1) is 36.0 Å². The lowest BCUT2D eigenvalue weighted by atomic mass is 9.40. The Kier molecular flexibility index (Phi) is 6.85. The molecule has 0 aromatic heterocycles. The van der Waals surface area contributed by atoms with Crippen LogP contribution in [-0.4, -0.2) is 0 Å². The predicted molar refractivity (Wildman–Crippen MR) is 180 cm³/mol. The lowest BCUT2D eigenvalue weighted by Crippen LogP contribution is -2.55. The van der Waals surface area contributed by atoms with E-state index in [9.17, 15) is 0 Å². The molecule has 0 saturated heterocycles. The van der Waals surface area contributed by atoms with Crippen molar-refractivity contribution in [3.63, 3.8) is 0 Å². The van der Waals surface area contributed by atoms with E-state index in [4.69, 9.17) is 18.9 Å². The number of nitrogens with two attached hydrogens (primary N) is 1. The molecule has 214 valence electrons. The van der Waals surface area contributed by atoms with Crippen molar-refractivity contribution in [2.24, 2.45) is 27.9 Å². The van der Waals surface area contributed by atoms with Gasteiger partial charge in [-0.2, -0.15) is 0 Å². The van der Waals surface area contributed by atoms with Crippen LogP contribution in [-0.2, 0) is 12.8 Å². The van der Waals surface area contributed by atoms with Crippen molar-refractivity contribution in [1.29, 1.82) is 0 Å². The normalized spacial score (nSPS) is 29.0. The van der Waals surface area contributed by atoms with Crippen molar-refractivity contribution < 1.29 is 0 Å². The summed E-state index contributed by atoms with van der Waals surface area (Å²) in [5.41, 5.74) is 23.6. The van der Waals surface area contributed by atoms with Crippen molar-refractivity contribution in [1.82, 2.24) is 0 Å². The van der Waals surface area contributed by atoms with Gasteiger partial charge in [0, 0.05) is 11.1 Å². The number of hydrogen-bond acceptors (Lipinski definition) is 1. The van der Waals surface area contributed by atoms with Gasteiger partial charge >= 0.3 is 0 Å². The Morgan fingerprint density at radius 1 is 1.05 bits per heavy atom. The molecule has 3 aliphatic rings. The zero-order valence-electron chi connectivity index (χ0n) is 26.8. The van der Waals surface area contributed by atoms with Crippen molar-refractivity contribution in [3.8, 4) is 11.1 Å². The van der Waals surface area contributed by atoms with Crippen molar-refractivity contribution in [2.45, 2.75) is 81.1 Å². The zero-order chi connectivity index (χ0) is 30.2. The Labute approximate surface area is 249 Å². The first-order chi connectivity index (χ1) is 19.2. The minimum Gasteiger partial charge on any atom is -0.399 e. The van der Waals surface area contributed by atoms with E-state index >= 15 is 0 Å². The summed E-state index contributed by atoms with van der Waals surface area (Å²) in [7, 11) is 0. The highest BCUT2D eigenvalue weighted by Gasteiger charge is 2.61. The molecule has 5 rings (SSSR count). The van der Waals surface area contributed by atoms with Crippen LogP contribution in [0.3, 0.4) is 0 Å². The molecule has 0 saturated carbocycles. The summed E-state index contributed by atoms with van der Waals surface area (Å²) in [5, 5.41) is 0. The van der Waals surface area contributed by atoms with Crippen molar-refractivity contribution in [3.05, 3.63) is 118 Å². The number of aryl methyl sites for hydroxylation is 2. The predicted octanol–water partition coefficient (Wildman–Crippen LogP) is 10.5. The van der Waals surface area contributed by atoms with Crippen LogP contribution in [0.15, 0.2) is 84.6 Å². The van der Waals surface area contributed by atoms with E-state index in [2.05, 4.69) is 98.9 Å². The molecule has 0 radical (unpaired) electrons. The van der Waals surface area contributed by atoms with Crippen LogP contribution in [0.4, 0.5) is 0 Å². The van der Waals surface area contributed by atoms with E-state index in [0.29, 0.717) is 11.6 Å². The average molecular weight is 544 g/mol. The molecule has 0 fully saturated rings. The van der Waals surface area contributed by atoms with Gasteiger partial charge < -0.3 is 5.73 Å². The van der Waals surface area contributed by atoms with E-state index < -0.39 is 0 Å². The second kappa shape index (κ2) is 9.62. The Balaban J connectivity index is 1.83. The summed E-state index contributed by atoms with van der Waals surface area (Å²) in [6, 6.07) is 9.24. The zero-order valence-corrected chi connectivity index (χ0v) is 26.8. The van der Waals surface area contributed by atoms with Crippen LogP contribution in [0.25, 0.3) is 22.8 Å². The molecule has 41 heavy (non-hydrogen) atoms. The number of rotatable bonds is 5. The number of hydrogen-bond donors (Lipinski definition) is 1. The molecule has 0 aliphatic heterocycles. The number of fused-ring (bicyclic) bond motifs is 3. The first kappa shape index (κ1) is 29.2. The lowest BCUT2D eigenvalue weighted by Gasteiger charge is -2.64. The molecule has 2 aromatic carbocycles. The molecule has 0 bridgehead atoms. The fourth-order valence-electron chi connectivity index (χ4n) is 9.24. The van der Waals surface area contributed by atoms with E-state index in [0.717, 1.165) is 42.4 Å². The van der Waals surface area contributed by atoms with E-state index in [1.54, 1.807) is 0 Å². The maximum Gasteiger partial charge on any atom is 0.0314 e. The van der Waals surface area contributed by atoms with Crippen LogP contribution in [0.1, 0.15) is 87.8 Å². The van der Waals surface area contributed by atoms with Gasteiger partial charge in [0.1, 0.15) is 0 Å².